The maximum atomic E-state index is 12.2. The fraction of sp³-hybridized carbons (Fsp3) is 0.316. The summed E-state index contributed by atoms with van der Waals surface area (Å²) in [6, 6.07) is 7.04. The van der Waals surface area contributed by atoms with E-state index < -0.39 is 0 Å². The molecule has 2 N–H and O–H groups in total. The van der Waals surface area contributed by atoms with Crippen molar-refractivity contribution in [3.8, 4) is 5.75 Å². The number of aryl methyl sites for hydroxylation is 3. The Kier molecular flexibility index (Phi) is 6.13. The number of nitrogens with one attached hydrogen (secondary N) is 2. The Morgan fingerprint density at radius 2 is 2.04 bits per heavy atom. The van der Waals surface area contributed by atoms with Crippen LogP contribution in [0.5, 0.6) is 5.75 Å². The summed E-state index contributed by atoms with van der Waals surface area (Å²) in [5, 5.41) is 4.08. The number of nitrogens with zero attached hydrogens (tertiary/aromatic N) is 1. The standard InChI is InChI=1S/C19H20ClN3O3S/c1-11-12(2)27-19-17(11)18(25)22-15(23-19)7-8-16(24)21-9-10-26-14-5-3-13(20)4-6-14/h3-6H,7-10H2,1-2H3,(H,21,24)(H,22,23,25). The number of rotatable bonds is 7. The summed E-state index contributed by atoms with van der Waals surface area (Å²) in [6.45, 7) is 4.65. The van der Waals surface area contributed by atoms with Gasteiger partial charge in [0, 0.05) is 22.7 Å². The quantitative estimate of drug-likeness (QED) is 0.590. The van der Waals surface area contributed by atoms with E-state index in [2.05, 4.69) is 15.3 Å². The molecule has 3 aromatic rings. The Morgan fingerprint density at radius 3 is 2.78 bits per heavy atom. The van der Waals surface area contributed by atoms with Crippen LogP contribution in [-0.2, 0) is 11.2 Å². The topological polar surface area (TPSA) is 84.1 Å². The molecule has 1 amide bonds. The van der Waals surface area contributed by atoms with Gasteiger partial charge in [-0.05, 0) is 43.7 Å². The molecule has 0 fully saturated rings. The minimum absolute atomic E-state index is 0.115. The predicted octanol–water partition coefficient (Wildman–Crippen LogP) is 3.38. The number of carbonyl (C=O) groups is 1. The fourth-order valence-corrected chi connectivity index (χ4v) is 3.80. The summed E-state index contributed by atoms with van der Waals surface area (Å²) in [5.74, 6) is 1.11. The van der Waals surface area contributed by atoms with Crippen molar-refractivity contribution in [2.45, 2.75) is 26.7 Å². The Hall–Kier alpha value is -2.38. The van der Waals surface area contributed by atoms with Crippen LogP contribution in [0.2, 0.25) is 5.02 Å². The first-order valence-corrected chi connectivity index (χ1v) is 9.77. The molecule has 0 spiro atoms. The lowest BCUT2D eigenvalue weighted by Crippen LogP contribution is -2.28. The van der Waals surface area contributed by atoms with Crippen molar-refractivity contribution in [1.29, 1.82) is 0 Å². The van der Waals surface area contributed by atoms with Gasteiger partial charge in [-0.15, -0.1) is 11.3 Å². The van der Waals surface area contributed by atoms with E-state index in [1.165, 1.54) is 11.3 Å². The van der Waals surface area contributed by atoms with Crippen molar-refractivity contribution in [2.24, 2.45) is 0 Å². The largest absolute Gasteiger partial charge is 0.492 e. The van der Waals surface area contributed by atoms with Crippen LogP contribution in [-0.4, -0.2) is 29.0 Å². The Bertz CT molecular complexity index is 1010. The number of aromatic amines is 1. The Morgan fingerprint density at radius 1 is 1.30 bits per heavy atom. The zero-order valence-electron chi connectivity index (χ0n) is 15.1. The molecule has 0 radical (unpaired) electrons. The molecule has 2 aromatic heterocycles. The molecule has 0 atom stereocenters. The second-order valence-electron chi connectivity index (χ2n) is 6.13. The van der Waals surface area contributed by atoms with Gasteiger partial charge in [0.2, 0.25) is 5.91 Å². The van der Waals surface area contributed by atoms with Gasteiger partial charge in [0.05, 0.1) is 11.9 Å². The average Bonchev–Trinajstić information content (AvgIpc) is 2.93. The number of aromatic nitrogens is 2. The molecule has 0 aliphatic carbocycles. The second-order valence-corrected chi connectivity index (χ2v) is 7.77. The summed E-state index contributed by atoms with van der Waals surface area (Å²) in [4.78, 5) is 33.3. The van der Waals surface area contributed by atoms with Gasteiger partial charge < -0.3 is 15.0 Å². The van der Waals surface area contributed by atoms with Gasteiger partial charge in [-0.1, -0.05) is 11.6 Å². The summed E-state index contributed by atoms with van der Waals surface area (Å²) >= 11 is 7.31. The van der Waals surface area contributed by atoms with Gasteiger partial charge >= 0.3 is 0 Å². The van der Waals surface area contributed by atoms with Gasteiger partial charge in [0.15, 0.2) is 0 Å². The number of ether oxygens (including phenoxy) is 1. The molecule has 2 heterocycles. The number of fused-ring (bicyclic) bond motifs is 1. The minimum atomic E-state index is -0.145. The van der Waals surface area contributed by atoms with Gasteiger partial charge in [0.25, 0.3) is 5.56 Å². The number of benzene rings is 1. The maximum absolute atomic E-state index is 12.2. The lowest BCUT2D eigenvalue weighted by atomic mass is 10.2. The number of thiophene rings is 1. The van der Waals surface area contributed by atoms with Crippen molar-refractivity contribution in [3.63, 3.8) is 0 Å². The lowest BCUT2D eigenvalue weighted by Gasteiger charge is -2.08. The zero-order chi connectivity index (χ0) is 19.4. The molecule has 1 aromatic carbocycles. The molecular weight excluding hydrogens is 386 g/mol. The van der Waals surface area contributed by atoms with E-state index in [-0.39, 0.29) is 17.9 Å². The molecule has 0 unspecified atom stereocenters. The SMILES string of the molecule is Cc1sc2nc(CCC(=O)NCCOc3ccc(Cl)cc3)[nH]c(=O)c2c1C. The van der Waals surface area contributed by atoms with Crippen molar-refractivity contribution >= 4 is 39.1 Å². The summed E-state index contributed by atoms with van der Waals surface area (Å²) in [7, 11) is 0. The average molecular weight is 406 g/mol. The Labute approximate surface area is 165 Å². The molecule has 27 heavy (non-hydrogen) atoms. The molecule has 6 nitrogen and oxygen atoms in total. The van der Waals surface area contributed by atoms with E-state index in [4.69, 9.17) is 16.3 Å². The highest BCUT2D eigenvalue weighted by atomic mass is 35.5. The predicted molar refractivity (Wildman–Crippen MR) is 108 cm³/mol. The van der Waals surface area contributed by atoms with E-state index in [9.17, 15) is 9.59 Å². The molecule has 3 rings (SSSR count). The molecule has 8 heteroatoms. The fourth-order valence-electron chi connectivity index (χ4n) is 2.63. The van der Waals surface area contributed by atoms with E-state index in [0.717, 1.165) is 15.3 Å². The van der Waals surface area contributed by atoms with Gasteiger partial charge in [-0.2, -0.15) is 0 Å². The first-order valence-electron chi connectivity index (χ1n) is 8.58. The van der Waals surface area contributed by atoms with E-state index in [1.54, 1.807) is 24.3 Å². The molecule has 0 saturated heterocycles. The van der Waals surface area contributed by atoms with Crippen LogP contribution in [0.1, 0.15) is 22.7 Å². The minimum Gasteiger partial charge on any atom is -0.492 e. The van der Waals surface area contributed by atoms with E-state index in [1.807, 2.05) is 13.8 Å². The van der Waals surface area contributed by atoms with Crippen LogP contribution in [0, 0.1) is 13.8 Å². The van der Waals surface area contributed by atoms with Crippen LogP contribution in [0.25, 0.3) is 10.2 Å². The van der Waals surface area contributed by atoms with E-state index >= 15 is 0 Å². The molecule has 0 aliphatic rings. The molecule has 142 valence electrons. The van der Waals surface area contributed by atoms with Crippen molar-refractivity contribution in [2.75, 3.05) is 13.2 Å². The number of hydrogen-bond donors (Lipinski definition) is 2. The monoisotopic (exact) mass is 405 g/mol. The van der Waals surface area contributed by atoms with Crippen molar-refractivity contribution in [1.82, 2.24) is 15.3 Å². The molecule has 0 saturated carbocycles. The zero-order valence-corrected chi connectivity index (χ0v) is 16.7. The third-order valence-electron chi connectivity index (χ3n) is 4.18. The third kappa shape index (κ3) is 4.87. The highest BCUT2D eigenvalue weighted by Crippen LogP contribution is 2.25. The third-order valence-corrected chi connectivity index (χ3v) is 5.54. The molecule has 0 aliphatic heterocycles. The number of amides is 1. The number of H-pyrrole nitrogens is 1. The molecule has 0 bridgehead atoms. The normalized spacial score (nSPS) is 10.9. The van der Waals surface area contributed by atoms with Crippen LogP contribution in [0.3, 0.4) is 0 Å². The van der Waals surface area contributed by atoms with Crippen molar-refractivity contribution < 1.29 is 9.53 Å². The second kappa shape index (κ2) is 8.54. The summed E-state index contributed by atoms with van der Waals surface area (Å²) in [6.07, 6.45) is 0.629. The summed E-state index contributed by atoms with van der Waals surface area (Å²) < 4.78 is 5.52. The first kappa shape index (κ1) is 19.4. The smallest absolute Gasteiger partial charge is 0.259 e. The van der Waals surface area contributed by atoms with Crippen LogP contribution < -0.4 is 15.6 Å². The maximum Gasteiger partial charge on any atom is 0.259 e. The summed E-state index contributed by atoms with van der Waals surface area (Å²) in [5.41, 5.74) is 0.822. The first-order chi connectivity index (χ1) is 12.9. The highest BCUT2D eigenvalue weighted by Gasteiger charge is 2.12. The van der Waals surface area contributed by atoms with Gasteiger partial charge in [-0.25, -0.2) is 4.98 Å². The lowest BCUT2D eigenvalue weighted by molar-refractivity contribution is -0.121. The van der Waals surface area contributed by atoms with Gasteiger partial charge in [0.1, 0.15) is 23.0 Å². The van der Waals surface area contributed by atoms with Gasteiger partial charge in [-0.3, -0.25) is 9.59 Å². The number of carbonyl (C=O) groups excluding carboxylic acids is 1. The molecular formula is C19H20ClN3O3S. The van der Waals surface area contributed by atoms with Crippen LogP contribution in [0.4, 0.5) is 0 Å². The van der Waals surface area contributed by atoms with E-state index in [0.29, 0.717) is 41.6 Å². The Balaban J connectivity index is 1.47. The van der Waals surface area contributed by atoms with Crippen molar-refractivity contribution in [3.05, 3.63) is 55.9 Å². The number of halogens is 1. The highest BCUT2D eigenvalue weighted by molar-refractivity contribution is 7.18. The van der Waals surface area contributed by atoms with Crippen LogP contribution in [0.15, 0.2) is 29.1 Å². The number of hydrogen-bond acceptors (Lipinski definition) is 5. The van der Waals surface area contributed by atoms with Crippen LogP contribution >= 0.6 is 22.9 Å².